The standard InChI is InChI=1S/C25H20BrFN2O3/c1-16-21(25(30)29(28-16)20-6-4-3-5-7-20)12-18-13-22(26)24(23(14-18)31-2)32-15-17-8-10-19(27)11-9-17/h3-14H,15H2,1-2H3/b21-12+. The molecule has 5 nitrogen and oxygen atoms in total. The van der Waals surface area contributed by atoms with Crippen LogP contribution in [0.2, 0.25) is 0 Å². The van der Waals surface area contributed by atoms with Crippen LogP contribution in [0, 0.1) is 5.82 Å². The van der Waals surface area contributed by atoms with Crippen molar-refractivity contribution in [3.8, 4) is 11.5 Å². The monoisotopic (exact) mass is 494 g/mol. The van der Waals surface area contributed by atoms with Gasteiger partial charge in [-0.25, -0.2) is 4.39 Å². The molecular weight excluding hydrogens is 475 g/mol. The van der Waals surface area contributed by atoms with Crippen molar-refractivity contribution < 1.29 is 18.7 Å². The maximum atomic E-state index is 13.1. The fourth-order valence-electron chi connectivity index (χ4n) is 3.29. The Balaban J connectivity index is 1.59. The first-order chi connectivity index (χ1) is 15.5. The van der Waals surface area contributed by atoms with Gasteiger partial charge in [0.2, 0.25) is 0 Å². The summed E-state index contributed by atoms with van der Waals surface area (Å²) >= 11 is 3.53. The van der Waals surface area contributed by atoms with Crippen molar-refractivity contribution in [3.05, 3.63) is 93.7 Å². The topological polar surface area (TPSA) is 51.1 Å². The Morgan fingerprint density at radius 3 is 2.50 bits per heavy atom. The molecule has 0 atom stereocenters. The van der Waals surface area contributed by atoms with E-state index in [1.54, 1.807) is 38.3 Å². The molecule has 32 heavy (non-hydrogen) atoms. The van der Waals surface area contributed by atoms with E-state index in [2.05, 4.69) is 21.0 Å². The summed E-state index contributed by atoms with van der Waals surface area (Å²) in [7, 11) is 1.55. The second-order valence-electron chi connectivity index (χ2n) is 7.15. The average molecular weight is 495 g/mol. The van der Waals surface area contributed by atoms with Crippen LogP contribution in [-0.2, 0) is 11.4 Å². The molecule has 0 spiro atoms. The molecule has 0 saturated heterocycles. The molecule has 3 aromatic carbocycles. The number of ether oxygens (including phenoxy) is 2. The van der Waals surface area contributed by atoms with Crippen molar-refractivity contribution in [1.82, 2.24) is 0 Å². The van der Waals surface area contributed by atoms with E-state index in [4.69, 9.17) is 9.47 Å². The van der Waals surface area contributed by atoms with E-state index in [1.165, 1.54) is 17.1 Å². The van der Waals surface area contributed by atoms with E-state index in [0.717, 1.165) is 11.1 Å². The predicted molar refractivity (Wildman–Crippen MR) is 126 cm³/mol. The van der Waals surface area contributed by atoms with Crippen molar-refractivity contribution in [2.45, 2.75) is 13.5 Å². The number of hydrogen-bond donors (Lipinski definition) is 0. The summed E-state index contributed by atoms with van der Waals surface area (Å²) in [4.78, 5) is 13.0. The zero-order valence-corrected chi connectivity index (χ0v) is 19.1. The zero-order chi connectivity index (χ0) is 22.7. The summed E-state index contributed by atoms with van der Waals surface area (Å²) in [5.74, 6) is 0.540. The van der Waals surface area contributed by atoms with Crippen molar-refractivity contribution >= 4 is 39.3 Å². The molecule has 1 heterocycles. The lowest BCUT2D eigenvalue weighted by Gasteiger charge is -2.14. The van der Waals surface area contributed by atoms with E-state index in [-0.39, 0.29) is 18.3 Å². The van der Waals surface area contributed by atoms with Gasteiger partial charge in [-0.05, 0) is 76.5 Å². The Kier molecular flexibility index (Phi) is 6.37. The van der Waals surface area contributed by atoms with Crippen molar-refractivity contribution in [2.75, 3.05) is 12.1 Å². The Morgan fingerprint density at radius 2 is 1.81 bits per heavy atom. The zero-order valence-electron chi connectivity index (χ0n) is 17.5. The Labute approximate surface area is 193 Å². The summed E-state index contributed by atoms with van der Waals surface area (Å²) in [6.45, 7) is 2.06. The SMILES string of the molecule is COc1cc(/C=C2/C(=O)N(c3ccccc3)N=C2C)cc(Br)c1OCc1ccc(F)cc1. The molecule has 0 radical (unpaired) electrons. The number of carbonyl (C=O) groups is 1. The number of para-hydroxylation sites is 1. The molecule has 0 fully saturated rings. The van der Waals surface area contributed by atoms with E-state index >= 15 is 0 Å². The van der Waals surface area contributed by atoms with Crippen molar-refractivity contribution in [2.24, 2.45) is 5.10 Å². The first-order valence-electron chi connectivity index (χ1n) is 9.88. The Bertz CT molecular complexity index is 1210. The number of hydrazone groups is 1. The van der Waals surface area contributed by atoms with Gasteiger partial charge in [-0.2, -0.15) is 10.1 Å². The number of anilines is 1. The van der Waals surface area contributed by atoms with Gasteiger partial charge in [-0.1, -0.05) is 30.3 Å². The number of rotatable bonds is 6. The fourth-order valence-corrected chi connectivity index (χ4v) is 3.87. The third-order valence-corrected chi connectivity index (χ3v) is 5.51. The summed E-state index contributed by atoms with van der Waals surface area (Å²) in [5, 5.41) is 5.80. The van der Waals surface area contributed by atoms with Crippen LogP contribution >= 0.6 is 15.9 Å². The number of halogens is 2. The highest BCUT2D eigenvalue weighted by atomic mass is 79.9. The lowest BCUT2D eigenvalue weighted by Crippen LogP contribution is -2.21. The molecule has 1 amide bonds. The molecule has 1 aliphatic rings. The van der Waals surface area contributed by atoms with Gasteiger partial charge in [0.15, 0.2) is 11.5 Å². The molecule has 7 heteroatoms. The minimum atomic E-state index is -0.295. The van der Waals surface area contributed by atoms with Gasteiger partial charge in [-0.15, -0.1) is 0 Å². The molecule has 0 aromatic heterocycles. The van der Waals surface area contributed by atoms with Gasteiger partial charge in [0.1, 0.15) is 12.4 Å². The van der Waals surface area contributed by atoms with Crippen LogP contribution in [0.4, 0.5) is 10.1 Å². The minimum absolute atomic E-state index is 0.194. The second-order valence-corrected chi connectivity index (χ2v) is 8.00. The van der Waals surface area contributed by atoms with Gasteiger partial charge in [0, 0.05) is 0 Å². The van der Waals surface area contributed by atoms with E-state index in [1.807, 2.05) is 36.4 Å². The highest BCUT2D eigenvalue weighted by molar-refractivity contribution is 9.10. The third-order valence-electron chi connectivity index (χ3n) is 4.92. The first kappa shape index (κ1) is 21.8. The molecule has 0 aliphatic carbocycles. The number of nitrogens with zero attached hydrogens (tertiary/aromatic N) is 2. The number of carbonyl (C=O) groups excluding carboxylic acids is 1. The largest absolute Gasteiger partial charge is 0.493 e. The molecule has 4 rings (SSSR count). The van der Waals surface area contributed by atoms with Crippen LogP contribution in [0.15, 0.2) is 81.9 Å². The molecule has 0 N–H and O–H groups in total. The molecule has 0 bridgehead atoms. The van der Waals surface area contributed by atoms with Crippen LogP contribution in [0.25, 0.3) is 6.08 Å². The van der Waals surface area contributed by atoms with Gasteiger partial charge < -0.3 is 9.47 Å². The molecule has 3 aromatic rings. The summed E-state index contributed by atoms with van der Waals surface area (Å²) in [6.07, 6.45) is 1.78. The molecule has 1 aliphatic heterocycles. The maximum absolute atomic E-state index is 13.1. The van der Waals surface area contributed by atoms with Crippen LogP contribution in [-0.4, -0.2) is 18.7 Å². The highest BCUT2D eigenvalue weighted by Crippen LogP contribution is 2.38. The predicted octanol–water partition coefficient (Wildman–Crippen LogP) is 5.98. The van der Waals surface area contributed by atoms with Gasteiger partial charge in [0.25, 0.3) is 5.91 Å². The number of methoxy groups -OCH3 is 1. The molecule has 0 unspecified atom stereocenters. The van der Waals surface area contributed by atoms with Gasteiger partial charge >= 0.3 is 0 Å². The highest BCUT2D eigenvalue weighted by Gasteiger charge is 2.28. The lowest BCUT2D eigenvalue weighted by molar-refractivity contribution is -0.114. The summed E-state index contributed by atoms with van der Waals surface area (Å²) in [5.41, 5.74) is 3.43. The smallest absolute Gasteiger partial charge is 0.280 e. The summed E-state index contributed by atoms with van der Waals surface area (Å²) in [6, 6.07) is 19.1. The van der Waals surface area contributed by atoms with Crippen LogP contribution in [0.3, 0.4) is 0 Å². The number of hydrogen-bond acceptors (Lipinski definition) is 4. The number of benzene rings is 3. The van der Waals surface area contributed by atoms with E-state index in [9.17, 15) is 9.18 Å². The second kappa shape index (κ2) is 9.36. The van der Waals surface area contributed by atoms with Crippen molar-refractivity contribution in [1.29, 1.82) is 0 Å². The van der Waals surface area contributed by atoms with E-state index in [0.29, 0.717) is 32.9 Å². The number of amides is 1. The quantitative estimate of drug-likeness (QED) is 0.396. The first-order valence-corrected chi connectivity index (χ1v) is 10.7. The van der Waals surface area contributed by atoms with Gasteiger partial charge in [-0.3, -0.25) is 4.79 Å². The third kappa shape index (κ3) is 4.57. The Hall–Kier alpha value is -3.45. The van der Waals surface area contributed by atoms with Crippen molar-refractivity contribution in [3.63, 3.8) is 0 Å². The fraction of sp³-hybridized carbons (Fsp3) is 0.120. The lowest BCUT2D eigenvalue weighted by atomic mass is 10.1. The molecular formula is C25H20BrFN2O3. The van der Waals surface area contributed by atoms with E-state index < -0.39 is 0 Å². The van der Waals surface area contributed by atoms with Crippen LogP contribution in [0.5, 0.6) is 11.5 Å². The summed E-state index contributed by atoms with van der Waals surface area (Å²) < 4.78 is 25.2. The van der Waals surface area contributed by atoms with Crippen LogP contribution < -0.4 is 14.5 Å². The van der Waals surface area contributed by atoms with Crippen LogP contribution in [0.1, 0.15) is 18.1 Å². The molecule has 162 valence electrons. The molecule has 0 saturated carbocycles. The average Bonchev–Trinajstić information content (AvgIpc) is 3.08. The maximum Gasteiger partial charge on any atom is 0.280 e. The minimum Gasteiger partial charge on any atom is -0.493 e. The Morgan fingerprint density at radius 1 is 1.09 bits per heavy atom. The van der Waals surface area contributed by atoms with Gasteiger partial charge in [0.05, 0.1) is 28.6 Å². The normalized spacial score (nSPS) is 14.6.